The average Bonchev–Trinajstić information content (AvgIpc) is 2.91. The molecule has 1 saturated heterocycles. The number of hydrogen-bond donors (Lipinski definition) is 3. The Kier molecular flexibility index (Phi) is 6.20. The number of hydrogen-bond acceptors (Lipinski definition) is 4. The van der Waals surface area contributed by atoms with E-state index in [4.69, 9.17) is 0 Å². The third-order valence-corrected chi connectivity index (χ3v) is 5.71. The summed E-state index contributed by atoms with van der Waals surface area (Å²) < 4.78 is 0. The second-order valence-corrected chi connectivity index (χ2v) is 7.87. The largest absolute Gasteiger partial charge is 0.347 e. The molecule has 2 fully saturated rings. The van der Waals surface area contributed by atoms with Crippen LogP contribution in [0.4, 0.5) is 10.5 Å². The molecule has 0 radical (unpaired) electrons. The highest BCUT2D eigenvalue weighted by atomic mass is 16.2. The zero-order valence-electron chi connectivity index (χ0n) is 17.0. The molecule has 1 spiro atoms. The molecule has 8 heteroatoms. The number of para-hydroxylation sites is 1. The molecule has 0 bridgehead atoms. The first kappa shape index (κ1) is 20.8. The van der Waals surface area contributed by atoms with Gasteiger partial charge in [0.15, 0.2) is 0 Å². The van der Waals surface area contributed by atoms with Crippen molar-refractivity contribution in [1.29, 1.82) is 0 Å². The van der Waals surface area contributed by atoms with Crippen LogP contribution >= 0.6 is 0 Å². The van der Waals surface area contributed by atoms with Crippen molar-refractivity contribution in [3.63, 3.8) is 0 Å². The first-order valence-corrected chi connectivity index (χ1v) is 10.1. The van der Waals surface area contributed by atoms with E-state index in [-0.39, 0.29) is 37.2 Å². The van der Waals surface area contributed by atoms with Crippen LogP contribution in [0.3, 0.4) is 0 Å². The molecule has 29 heavy (non-hydrogen) atoms. The molecule has 0 unspecified atom stereocenters. The fraction of sp³-hybridized carbons (Fsp3) is 0.524. The van der Waals surface area contributed by atoms with Crippen LogP contribution < -0.4 is 16.0 Å². The van der Waals surface area contributed by atoms with Gasteiger partial charge in [0.05, 0.1) is 6.54 Å². The summed E-state index contributed by atoms with van der Waals surface area (Å²) in [6.45, 7) is 3.64. The number of rotatable bonds is 6. The number of anilines is 1. The van der Waals surface area contributed by atoms with E-state index in [1.807, 2.05) is 32.0 Å². The number of imide groups is 1. The number of carbonyl (C=O) groups excluding carboxylic acids is 4. The van der Waals surface area contributed by atoms with Crippen LogP contribution in [0, 0.1) is 13.8 Å². The molecule has 2 aliphatic rings. The Bertz CT molecular complexity index is 810. The average molecular weight is 400 g/mol. The van der Waals surface area contributed by atoms with E-state index in [1.54, 1.807) is 0 Å². The molecule has 1 aliphatic carbocycles. The van der Waals surface area contributed by atoms with Crippen LogP contribution in [0.2, 0.25) is 0 Å². The van der Waals surface area contributed by atoms with Gasteiger partial charge in [0, 0.05) is 18.7 Å². The minimum absolute atomic E-state index is 0.0107. The molecular weight excluding hydrogens is 372 g/mol. The number of carbonyl (C=O) groups is 4. The fourth-order valence-corrected chi connectivity index (χ4v) is 4.05. The van der Waals surface area contributed by atoms with Crippen molar-refractivity contribution in [2.45, 2.75) is 57.9 Å². The van der Waals surface area contributed by atoms with Crippen molar-refractivity contribution < 1.29 is 19.2 Å². The van der Waals surface area contributed by atoms with E-state index in [0.29, 0.717) is 12.8 Å². The Morgan fingerprint density at radius 1 is 1.07 bits per heavy atom. The number of benzene rings is 1. The van der Waals surface area contributed by atoms with Gasteiger partial charge in [0.25, 0.3) is 5.91 Å². The Morgan fingerprint density at radius 2 is 1.72 bits per heavy atom. The van der Waals surface area contributed by atoms with Gasteiger partial charge in [0.1, 0.15) is 5.54 Å². The summed E-state index contributed by atoms with van der Waals surface area (Å²) in [4.78, 5) is 50.3. The van der Waals surface area contributed by atoms with Gasteiger partial charge in [-0.1, -0.05) is 37.5 Å². The monoisotopic (exact) mass is 400 g/mol. The van der Waals surface area contributed by atoms with Gasteiger partial charge in [-0.25, -0.2) is 4.79 Å². The molecule has 0 atom stereocenters. The zero-order valence-corrected chi connectivity index (χ0v) is 17.0. The summed E-state index contributed by atoms with van der Waals surface area (Å²) in [5.41, 5.74) is 1.85. The normalized spacial score (nSPS) is 17.9. The van der Waals surface area contributed by atoms with Gasteiger partial charge in [0.2, 0.25) is 11.8 Å². The second kappa shape index (κ2) is 8.63. The Hall–Kier alpha value is -2.90. The molecule has 156 valence electrons. The Labute approximate surface area is 170 Å². The molecule has 1 saturated carbocycles. The van der Waals surface area contributed by atoms with E-state index in [9.17, 15) is 19.2 Å². The topological polar surface area (TPSA) is 108 Å². The lowest BCUT2D eigenvalue weighted by Gasteiger charge is -2.30. The van der Waals surface area contributed by atoms with Gasteiger partial charge in [-0.05, 0) is 37.8 Å². The van der Waals surface area contributed by atoms with Gasteiger partial charge in [-0.3, -0.25) is 19.3 Å². The van der Waals surface area contributed by atoms with Crippen molar-refractivity contribution in [3.8, 4) is 0 Å². The Balaban J connectivity index is 1.46. The van der Waals surface area contributed by atoms with Gasteiger partial charge in [-0.2, -0.15) is 0 Å². The lowest BCUT2D eigenvalue weighted by molar-refractivity contribution is -0.133. The number of nitrogens with one attached hydrogen (secondary N) is 3. The van der Waals surface area contributed by atoms with Crippen molar-refractivity contribution >= 4 is 29.4 Å². The summed E-state index contributed by atoms with van der Waals surface area (Å²) in [7, 11) is 0. The quantitative estimate of drug-likeness (QED) is 0.635. The molecule has 1 aromatic carbocycles. The summed E-state index contributed by atoms with van der Waals surface area (Å²) in [6, 6.07) is 5.28. The van der Waals surface area contributed by atoms with Gasteiger partial charge >= 0.3 is 6.03 Å². The summed E-state index contributed by atoms with van der Waals surface area (Å²) in [5, 5.41) is 8.17. The molecular formula is C21H28N4O4. The van der Waals surface area contributed by atoms with Gasteiger partial charge < -0.3 is 16.0 Å². The highest BCUT2D eigenvalue weighted by molar-refractivity contribution is 6.07. The van der Waals surface area contributed by atoms with E-state index < -0.39 is 11.6 Å². The van der Waals surface area contributed by atoms with Crippen LogP contribution in [0.25, 0.3) is 0 Å². The number of nitrogens with zero attached hydrogens (tertiary/aromatic N) is 1. The lowest BCUT2D eigenvalue weighted by atomic mass is 9.82. The molecule has 8 nitrogen and oxygen atoms in total. The Morgan fingerprint density at radius 3 is 2.38 bits per heavy atom. The third kappa shape index (κ3) is 4.58. The van der Waals surface area contributed by atoms with Crippen molar-refractivity contribution in [2.75, 3.05) is 18.4 Å². The predicted octanol–water partition coefficient (Wildman–Crippen LogP) is 2.00. The molecule has 1 aromatic rings. The molecule has 3 N–H and O–H groups in total. The van der Waals surface area contributed by atoms with Crippen LogP contribution in [0.5, 0.6) is 0 Å². The standard InChI is InChI=1S/C21H28N4O4/c1-14-7-6-8-15(2)18(14)23-17(27)13-22-16(26)9-12-25-19(28)21(24-20(25)29)10-4-3-5-11-21/h6-8H,3-5,9-13H2,1-2H3,(H,22,26)(H,23,27)(H,24,29). The highest BCUT2D eigenvalue weighted by Gasteiger charge is 2.51. The van der Waals surface area contributed by atoms with Crippen molar-refractivity contribution in [1.82, 2.24) is 15.5 Å². The van der Waals surface area contributed by atoms with Crippen molar-refractivity contribution in [3.05, 3.63) is 29.3 Å². The van der Waals surface area contributed by atoms with E-state index in [2.05, 4.69) is 16.0 Å². The highest BCUT2D eigenvalue weighted by Crippen LogP contribution is 2.33. The predicted molar refractivity (Wildman–Crippen MR) is 108 cm³/mol. The molecule has 3 rings (SSSR count). The van der Waals surface area contributed by atoms with Crippen LogP contribution in [0.1, 0.15) is 49.7 Å². The number of amides is 5. The smallest absolute Gasteiger partial charge is 0.325 e. The first-order valence-electron chi connectivity index (χ1n) is 10.1. The third-order valence-electron chi connectivity index (χ3n) is 5.71. The molecule has 5 amide bonds. The zero-order chi connectivity index (χ0) is 21.0. The summed E-state index contributed by atoms with van der Waals surface area (Å²) in [5.74, 6) is -0.943. The fourth-order valence-electron chi connectivity index (χ4n) is 4.05. The first-order chi connectivity index (χ1) is 13.8. The van der Waals surface area contributed by atoms with Crippen LogP contribution in [-0.4, -0.2) is 47.3 Å². The van der Waals surface area contributed by atoms with Crippen LogP contribution in [0.15, 0.2) is 18.2 Å². The second-order valence-electron chi connectivity index (χ2n) is 7.87. The maximum Gasteiger partial charge on any atom is 0.325 e. The van der Waals surface area contributed by atoms with E-state index >= 15 is 0 Å². The lowest BCUT2D eigenvalue weighted by Crippen LogP contribution is -2.48. The summed E-state index contributed by atoms with van der Waals surface area (Å²) in [6.07, 6.45) is 4.16. The number of urea groups is 1. The van der Waals surface area contributed by atoms with Gasteiger partial charge in [-0.15, -0.1) is 0 Å². The minimum Gasteiger partial charge on any atom is -0.347 e. The maximum atomic E-state index is 12.7. The molecule has 0 aromatic heterocycles. The minimum atomic E-state index is -0.781. The van der Waals surface area contributed by atoms with E-state index in [1.165, 1.54) is 0 Å². The number of aryl methyl sites for hydroxylation is 2. The molecule has 1 heterocycles. The molecule has 1 aliphatic heterocycles. The summed E-state index contributed by atoms with van der Waals surface area (Å²) >= 11 is 0. The van der Waals surface area contributed by atoms with E-state index in [0.717, 1.165) is 41.0 Å². The van der Waals surface area contributed by atoms with Crippen LogP contribution in [-0.2, 0) is 14.4 Å². The SMILES string of the molecule is Cc1cccc(C)c1NC(=O)CNC(=O)CCN1C(=O)NC2(CCCCC2)C1=O. The van der Waals surface area contributed by atoms with Crippen molar-refractivity contribution in [2.24, 2.45) is 0 Å². The maximum absolute atomic E-state index is 12.7.